The zero-order chi connectivity index (χ0) is 27.5. The van der Waals surface area contributed by atoms with Crippen molar-refractivity contribution < 1.29 is 19.1 Å². The summed E-state index contributed by atoms with van der Waals surface area (Å²) in [4.78, 5) is 42.7. The molecule has 7 heteroatoms. The third-order valence-corrected chi connectivity index (χ3v) is 7.32. The van der Waals surface area contributed by atoms with Gasteiger partial charge in [-0.15, -0.1) is 0 Å². The quantitative estimate of drug-likeness (QED) is 0.475. The van der Waals surface area contributed by atoms with E-state index < -0.39 is 23.8 Å². The minimum absolute atomic E-state index is 0.0582. The van der Waals surface area contributed by atoms with Gasteiger partial charge in [-0.25, -0.2) is 4.79 Å². The van der Waals surface area contributed by atoms with Gasteiger partial charge in [0.1, 0.15) is 17.7 Å². The Morgan fingerprint density at radius 3 is 2.05 bits per heavy atom. The van der Waals surface area contributed by atoms with Gasteiger partial charge in [-0.3, -0.25) is 9.59 Å². The second-order valence-corrected chi connectivity index (χ2v) is 12.6. The van der Waals surface area contributed by atoms with Crippen LogP contribution in [0, 0.1) is 25.7 Å². The summed E-state index contributed by atoms with van der Waals surface area (Å²) in [5, 5.41) is 6.10. The Morgan fingerprint density at radius 2 is 1.57 bits per heavy atom. The fraction of sp³-hybridized carbons (Fsp3) is 0.700. The molecule has 2 N–H and O–H groups in total. The van der Waals surface area contributed by atoms with Crippen molar-refractivity contribution in [3.63, 3.8) is 0 Å². The minimum atomic E-state index is -0.807. The van der Waals surface area contributed by atoms with E-state index in [0.717, 1.165) is 48.8 Å². The number of benzene rings is 1. The van der Waals surface area contributed by atoms with Gasteiger partial charge in [0.05, 0.1) is 0 Å². The average molecular weight is 514 g/mol. The predicted molar refractivity (Wildman–Crippen MR) is 146 cm³/mol. The normalized spacial score (nSPS) is 21.6. The Kier molecular flexibility index (Phi) is 9.30. The number of carbonyl (C=O) groups excluding carboxylic acids is 3. The molecule has 0 bridgehead atoms. The standard InChI is InChI=1S/C30H47N3O4/c1-18(2)25(32-29(36)37-30(6,7)8)28(35)33(24-17-21(24)5)26(22-15-19(3)14-20(4)16-22)27(34)31-23-12-10-9-11-13-23/h14-16,18,21,23-26H,9-13,17H2,1-8H3,(H,31,34)(H,32,36). The molecular weight excluding hydrogens is 466 g/mol. The van der Waals surface area contributed by atoms with Crippen LogP contribution in [0.15, 0.2) is 18.2 Å². The van der Waals surface area contributed by atoms with Crippen LogP contribution in [0.1, 0.15) is 103 Å². The van der Waals surface area contributed by atoms with Gasteiger partial charge >= 0.3 is 6.09 Å². The van der Waals surface area contributed by atoms with Gasteiger partial charge in [0.25, 0.3) is 0 Å². The first kappa shape index (κ1) is 29.0. The van der Waals surface area contributed by atoms with E-state index in [-0.39, 0.29) is 35.7 Å². The van der Waals surface area contributed by atoms with Crippen molar-refractivity contribution in [2.45, 2.75) is 124 Å². The second kappa shape index (κ2) is 11.9. The zero-order valence-electron chi connectivity index (χ0n) is 24.0. The van der Waals surface area contributed by atoms with Crippen molar-refractivity contribution in [3.05, 3.63) is 34.9 Å². The lowest BCUT2D eigenvalue weighted by Crippen LogP contribution is -2.56. The van der Waals surface area contributed by atoms with Gasteiger partial charge in [0, 0.05) is 12.1 Å². The first-order valence-electron chi connectivity index (χ1n) is 14.0. The summed E-state index contributed by atoms with van der Waals surface area (Å²) in [5.41, 5.74) is 2.24. The topological polar surface area (TPSA) is 87.7 Å². The third kappa shape index (κ3) is 7.96. The van der Waals surface area contributed by atoms with Crippen LogP contribution in [0.25, 0.3) is 0 Å². The molecule has 206 valence electrons. The van der Waals surface area contributed by atoms with Crippen LogP contribution < -0.4 is 10.6 Å². The number of ether oxygens (including phenoxy) is 1. The van der Waals surface area contributed by atoms with Crippen molar-refractivity contribution in [2.75, 3.05) is 0 Å². The highest BCUT2D eigenvalue weighted by Crippen LogP contribution is 2.41. The van der Waals surface area contributed by atoms with Crippen molar-refractivity contribution in [2.24, 2.45) is 11.8 Å². The number of aryl methyl sites for hydroxylation is 2. The molecule has 4 unspecified atom stereocenters. The lowest BCUT2D eigenvalue weighted by atomic mass is 9.93. The molecule has 1 aromatic rings. The molecule has 0 spiro atoms. The third-order valence-electron chi connectivity index (χ3n) is 7.32. The van der Waals surface area contributed by atoms with Gasteiger partial charge in [-0.05, 0) is 71.3 Å². The lowest BCUT2D eigenvalue weighted by molar-refractivity contribution is -0.144. The Labute approximate surface area is 223 Å². The van der Waals surface area contributed by atoms with Gasteiger partial charge < -0.3 is 20.3 Å². The highest BCUT2D eigenvalue weighted by Gasteiger charge is 2.49. The van der Waals surface area contributed by atoms with Crippen molar-refractivity contribution in [1.82, 2.24) is 15.5 Å². The van der Waals surface area contributed by atoms with E-state index in [9.17, 15) is 14.4 Å². The summed E-state index contributed by atoms with van der Waals surface area (Å²) in [6.45, 7) is 15.3. The Hall–Kier alpha value is -2.57. The van der Waals surface area contributed by atoms with E-state index in [2.05, 4.69) is 23.6 Å². The number of nitrogens with zero attached hydrogens (tertiary/aromatic N) is 1. The molecule has 0 aromatic heterocycles. The van der Waals surface area contributed by atoms with Crippen molar-refractivity contribution in [3.8, 4) is 0 Å². The predicted octanol–water partition coefficient (Wildman–Crippen LogP) is 5.58. The highest BCUT2D eigenvalue weighted by atomic mass is 16.6. The smallest absolute Gasteiger partial charge is 0.408 e. The van der Waals surface area contributed by atoms with Crippen LogP contribution in [0.5, 0.6) is 0 Å². The fourth-order valence-corrected chi connectivity index (χ4v) is 5.41. The number of rotatable bonds is 8. The summed E-state index contributed by atoms with van der Waals surface area (Å²) in [6, 6.07) is 4.60. The lowest BCUT2D eigenvalue weighted by Gasteiger charge is -2.37. The van der Waals surface area contributed by atoms with Crippen LogP contribution >= 0.6 is 0 Å². The summed E-state index contributed by atoms with van der Waals surface area (Å²) < 4.78 is 5.47. The van der Waals surface area contributed by atoms with Crippen molar-refractivity contribution in [1.29, 1.82) is 0 Å². The number of amides is 3. The number of nitrogens with one attached hydrogen (secondary N) is 2. The molecule has 4 atom stereocenters. The Morgan fingerprint density at radius 1 is 1.00 bits per heavy atom. The largest absolute Gasteiger partial charge is 0.444 e. The molecule has 3 rings (SSSR count). The van der Waals surface area contributed by atoms with Crippen LogP contribution in [0.2, 0.25) is 0 Å². The van der Waals surface area contributed by atoms with E-state index in [1.54, 1.807) is 25.7 Å². The fourth-order valence-electron chi connectivity index (χ4n) is 5.41. The molecule has 2 saturated carbocycles. The summed E-state index contributed by atoms with van der Waals surface area (Å²) in [7, 11) is 0. The highest BCUT2D eigenvalue weighted by molar-refractivity contribution is 5.93. The maximum atomic E-state index is 14.3. The van der Waals surface area contributed by atoms with Gasteiger partial charge in [-0.1, -0.05) is 69.4 Å². The zero-order valence-corrected chi connectivity index (χ0v) is 24.0. The first-order valence-corrected chi connectivity index (χ1v) is 14.0. The second-order valence-electron chi connectivity index (χ2n) is 12.6. The van der Waals surface area contributed by atoms with E-state index >= 15 is 0 Å². The molecule has 0 heterocycles. The number of carbonyl (C=O) groups is 3. The molecule has 0 aliphatic heterocycles. The minimum Gasteiger partial charge on any atom is -0.444 e. The molecule has 37 heavy (non-hydrogen) atoms. The van der Waals surface area contributed by atoms with Gasteiger partial charge in [0.15, 0.2) is 0 Å². The molecule has 3 amide bonds. The van der Waals surface area contributed by atoms with Crippen LogP contribution in [0.3, 0.4) is 0 Å². The molecule has 2 aliphatic rings. The molecule has 2 aliphatic carbocycles. The van der Waals surface area contributed by atoms with Gasteiger partial charge in [0.2, 0.25) is 11.8 Å². The monoisotopic (exact) mass is 513 g/mol. The first-order chi connectivity index (χ1) is 17.3. The molecular formula is C30H47N3O4. The molecule has 2 fully saturated rings. The van der Waals surface area contributed by atoms with Crippen molar-refractivity contribution >= 4 is 17.9 Å². The van der Waals surface area contributed by atoms with Crippen LogP contribution in [-0.2, 0) is 14.3 Å². The maximum absolute atomic E-state index is 14.3. The maximum Gasteiger partial charge on any atom is 0.408 e. The van der Waals surface area contributed by atoms with E-state index in [0.29, 0.717) is 0 Å². The van der Waals surface area contributed by atoms with E-state index in [1.807, 2.05) is 39.8 Å². The number of alkyl carbamates (subject to hydrolysis) is 1. The van der Waals surface area contributed by atoms with Crippen LogP contribution in [0.4, 0.5) is 4.79 Å². The summed E-state index contributed by atoms with van der Waals surface area (Å²) >= 11 is 0. The Bertz CT molecular complexity index is 957. The summed E-state index contributed by atoms with van der Waals surface area (Å²) in [5.74, 6) is -0.269. The number of hydrogen-bond donors (Lipinski definition) is 2. The van der Waals surface area contributed by atoms with Gasteiger partial charge in [-0.2, -0.15) is 0 Å². The SMILES string of the molecule is Cc1cc(C)cc(C(C(=O)NC2CCCCC2)N(C(=O)C(NC(=O)OC(C)(C)C)C(C)C)C2CC2C)c1. The number of hydrogen-bond acceptors (Lipinski definition) is 4. The summed E-state index contributed by atoms with van der Waals surface area (Å²) in [6.07, 6.45) is 5.55. The molecule has 1 aromatic carbocycles. The van der Waals surface area contributed by atoms with E-state index in [4.69, 9.17) is 4.74 Å². The van der Waals surface area contributed by atoms with E-state index in [1.165, 1.54) is 6.42 Å². The van der Waals surface area contributed by atoms with Crippen LogP contribution in [-0.4, -0.2) is 46.5 Å². The molecule has 0 saturated heterocycles. The average Bonchev–Trinajstić information content (AvgIpc) is 3.49. The molecule has 0 radical (unpaired) electrons. The molecule has 7 nitrogen and oxygen atoms in total. The Balaban J connectivity index is 1.99.